The van der Waals surface area contributed by atoms with E-state index in [1.54, 1.807) is 19.1 Å². The molecule has 1 aliphatic heterocycles. The Balaban J connectivity index is 1.24. The first-order chi connectivity index (χ1) is 16.3. The van der Waals surface area contributed by atoms with Gasteiger partial charge in [-0.1, -0.05) is 36.4 Å². The van der Waals surface area contributed by atoms with Crippen LogP contribution in [0, 0.1) is 12.7 Å². The van der Waals surface area contributed by atoms with Crippen LogP contribution in [0.1, 0.15) is 29.0 Å². The number of halogens is 1. The van der Waals surface area contributed by atoms with Crippen LogP contribution >= 0.6 is 0 Å². The van der Waals surface area contributed by atoms with Crippen LogP contribution in [0.3, 0.4) is 0 Å². The first-order valence-corrected chi connectivity index (χ1v) is 13.1. The van der Waals surface area contributed by atoms with Gasteiger partial charge < -0.3 is 9.73 Å². The number of aromatic nitrogens is 1. The molecular weight excluding hydrogens is 457 g/mol. The first-order valence-electron chi connectivity index (χ1n) is 11.3. The number of hydrogen-bond donors (Lipinski definition) is 1. The van der Waals surface area contributed by atoms with Crippen LogP contribution in [0.15, 0.2) is 52.9 Å². The minimum atomic E-state index is -3.77. The molecule has 1 aromatic heterocycles. The maximum absolute atomic E-state index is 14.0. The van der Waals surface area contributed by atoms with Gasteiger partial charge in [-0.25, -0.2) is 17.8 Å². The highest BCUT2D eigenvalue weighted by molar-refractivity contribution is 7.91. The van der Waals surface area contributed by atoms with Crippen molar-refractivity contribution in [3.63, 3.8) is 0 Å². The molecule has 0 radical (unpaired) electrons. The van der Waals surface area contributed by atoms with Crippen molar-refractivity contribution in [3.8, 4) is 11.5 Å². The van der Waals surface area contributed by atoms with Gasteiger partial charge in [-0.3, -0.25) is 9.69 Å². The van der Waals surface area contributed by atoms with Crippen molar-refractivity contribution in [3.05, 3.63) is 76.9 Å². The van der Waals surface area contributed by atoms with Crippen LogP contribution in [0.2, 0.25) is 0 Å². The Bertz CT molecular complexity index is 1270. The van der Waals surface area contributed by atoms with Crippen LogP contribution in [0.5, 0.6) is 0 Å². The predicted octanol–water partition coefficient (Wildman–Crippen LogP) is 3.27. The fourth-order valence-corrected chi connectivity index (χ4v) is 5.39. The summed E-state index contributed by atoms with van der Waals surface area (Å²) < 4.78 is 44.5. The lowest BCUT2D eigenvalue weighted by molar-refractivity contribution is -0.118. The lowest BCUT2D eigenvalue weighted by atomic mass is 10.00. The topological polar surface area (TPSA) is 92.5 Å². The van der Waals surface area contributed by atoms with Gasteiger partial charge in [0.1, 0.15) is 17.3 Å². The van der Waals surface area contributed by atoms with Crippen molar-refractivity contribution < 1.29 is 22.0 Å². The fourth-order valence-electron chi connectivity index (χ4n) is 4.10. The largest absolute Gasteiger partial charge is 0.441 e. The molecule has 0 saturated carbocycles. The number of hydrogen-bond acceptors (Lipinski definition) is 6. The minimum Gasteiger partial charge on any atom is -0.441 e. The van der Waals surface area contributed by atoms with E-state index in [9.17, 15) is 17.6 Å². The molecule has 9 heteroatoms. The van der Waals surface area contributed by atoms with Crippen LogP contribution in [-0.4, -0.2) is 49.6 Å². The van der Waals surface area contributed by atoms with E-state index in [0.717, 1.165) is 32.5 Å². The molecule has 0 aliphatic carbocycles. The number of nitrogens with zero attached hydrogens (tertiary/aromatic N) is 2. The molecule has 4 rings (SSSR count). The predicted molar refractivity (Wildman–Crippen MR) is 127 cm³/mol. The first kappa shape index (κ1) is 24.1. The standard InChI is InChI=1S/C25H28FN3O4S/c1-18-23(28-25(33-18)21-9-4-5-10-22(21)26)16-34(31,32)17-24(30)27-12-6-13-29-14-11-19-7-2-3-8-20(19)15-29/h2-5,7-10H,6,11-17H2,1H3,(H,27,30). The zero-order valence-electron chi connectivity index (χ0n) is 19.1. The van der Waals surface area contributed by atoms with E-state index in [1.807, 2.05) is 6.07 Å². The molecule has 7 nitrogen and oxygen atoms in total. The zero-order chi connectivity index (χ0) is 24.1. The molecule has 2 heterocycles. The fraction of sp³-hybridized carbons (Fsp3) is 0.360. The highest BCUT2D eigenvalue weighted by atomic mass is 32.2. The Labute approximate surface area is 198 Å². The molecule has 34 heavy (non-hydrogen) atoms. The number of carbonyl (C=O) groups is 1. The van der Waals surface area contributed by atoms with Crippen molar-refractivity contribution in [1.29, 1.82) is 0 Å². The summed E-state index contributed by atoms with van der Waals surface area (Å²) in [5.74, 6) is -1.83. The molecule has 3 aromatic rings. The van der Waals surface area contributed by atoms with Crippen LogP contribution in [0.4, 0.5) is 4.39 Å². The van der Waals surface area contributed by atoms with Gasteiger partial charge in [-0.05, 0) is 43.0 Å². The zero-order valence-corrected chi connectivity index (χ0v) is 19.9. The van der Waals surface area contributed by atoms with Gasteiger partial charge in [-0.2, -0.15) is 0 Å². The second-order valence-electron chi connectivity index (χ2n) is 8.53. The molecular formula is C25H28FN3O4S. The number of benzene rings is 2. The maximum atomic E-state index is 14.0. The van der Waals surface area contributed by atoms with Gasteiger partial charge in [0.05, 0.1) is 17.0 Å². The van der Waals surface area contributed by atoms with Gasteiger partial charge in [0.2, 0.25) is 11.8 Å². The lowest BCUT2D eigenvalue weighted by Gasteiger charge is -2.28. The average Bonchev–Trinajstić information content (AvgIpc) is 3.15. The molecule has 0 saturated heterocycles. The smallest absolute Gasteiger partial charge is 0.235 e. The lowest BCUT2D eigenvalue weighted by Crippen LogP contribution is -2.35. The number of nitrogens with one attached hydrogen (secondary N) is 1. The van der Waals surface area contributed by atoms with Crippen LogP contribution in [-0.2, 0) is 33.4 Å². The summed E-state index contributed by atoms with van der Waals surface area (Å²) in [6.07, 6.45) is 1.75. The molecule has 1 N–H and O–H groups in total. The summed E-state index contributed by atoms with van der Waals surface area (Å²) in [5.41, 5.74) is 3.06. The number of carbonyl (C=O) groups excluding carboxylic acids is 1. The molecule has 0 spiro atoms. The van der Waals surface area contributed by atoms with E-state index < -0.39 is 33.1 Å². The maximum Gasteiger partial charge on any atom is 0.235 e. The number of rotatable bonds is 9. The van der Waals surface area contributed by atoms with Gasteiger partial charge >= 0.3 is 0 Å². The van der Waals surface area contributed by atoms with Crippen molar-refractivity contribution in [2.45, 2.75) is 32.1 Å². The van der Waals surface area contributed by atoms with Crippen molar-refractivity contribution in [1.82, 2.24) is 15.2 Å². The molecule has 1 aliphatic rings. The average molecular weight is 486 g/mol. The minimum absolute atomic E-state index is 0.0191. The molecule has 0 fully saturated rings. The SMILES string of the molecule is Cc1oc(-c2ccccc2F)nc1CS(=O)(=O)CC(=O)NCCCN1CCc2ccccc2C1. The number of aryl methyl sites for hydroxylation is 1. The Hall–Kier alpha value is -3.04. The van der Waals surface area contributed by atoms with E-state index in [0.29, 0.717) is 6.54 Å². The van der Waals surface area contributed by atoms with Crippen LogP contribution in [0.25, 0.3) is 11.5 Å². The Morgan fingerprint density at radius 2 is 1.88 bits per heavy atom. The van der Waals surface area contributed by atoms with Gasteiger partial charge in [0, 0.05) is 26.2 Å². The molecule has 0 bridgehead atoms. The van der Waals surface area contributed by atoms with E-state index in [-0.39, 0.29) is 22.9 Å². The summed E-state index contributed by atoms with van der Waals surface area (Å²) in [6, 6.07) is 14.4. The van der Waals surface area contributed by atoms with Crippen LogP contribution < -0.4 is 5.32 Å². The number of amides is 1. The second kappa shape index (κ2) is 10.5. The highest BCUT2D eigenvalue weighted by Crippen LogP contribution is 2.25. The third-order valence-corrected chi connectivity index (χ3v) is 7.30. The summed E-state index contributed by atoms with van der Waals surface area (Å²) in [7, 11) is -3.77. The Morgan fingerprint density at radius 1 is 1.15 bits per heavy atom. The molecule has 2 aromatic carbocycles. The molecule has 180 valence electrons. The van der Waals surface area contributed by atoms with E-state index in [1.165, 1.54) is 23.3 Å². The third kappa shape index (κ3) is 6.09. The summed E-state index contributed by atoms with van der Waals surface area (Å²) in [4.78, 5) is 18.7. The van der Waals surface area contributed by atoms with E-state index in [2.05, 4.69) is 33.4 Å². The van der Waals surface area contributed by atoms with Crippen molar-refractivity contribution in [2.24, 2.45) is 0 Å². The number of fused-ring (bicyclic) bond motifs is 1. The quantitative estimate of drug-likeness (QED) is 0.468. The van der Waals surface area contributed by atoms with Gasteiger partial charge in [0.25, 0.3) is 0 Å². The van der Waals surface area contributed by atoms with E-state index >= 15 is 0 Å². The molecule has 0 unspecified atom stereocenters. The summed E-state index contributed by atoms with van der Waals surface area (Å²) in [5, 5.41) is 2.70. The van der Waals surface area contributed by atoms with Crippen molar-refractivity contribution in [2.75, 3.05) is 25.4 Å². The second-order valence-corrected chi connectivity index (χ2v) is 10.6. The monoisotopic (exact) mass is 485 g/mol. The summed E-state index contributed by atoms with van der Waals surface area (Å²) >= 11 is 0. The third-order valence-electron chi connectivity index (χ3n) is 5.89. The normalized spacial score (nSPS) is 14.1. The number of oxazole rings is 1. The molecule has 1 amide bonds. The van der Waals surface area contributed by atoms with Gasteiger partial charge in [-0.15, -0.1) is 0 Å². The van der Waals surface area contributed by atoms with Gasteiger partial charge in [0.15, 0.2) is 9.84 Å². The molecule has 0 atom stereocenters. The summed E-state index contributed by atoms with van der Waals surface area (Å²) in [6.45, 7) is 4.68. The Kier molecular flexibility index (Phi) is 7.43. The Morgan fingerprint density at radius 3 is 2.68 bits per heavy atom. The number of sulfone groups is 1. The van der Waals surface area contributed by atoms with Crippen molar-refractivity contribution >= 4 is 15.7 Å². The van der Waals surface area contributed by atoms with E-state index in [4.69, 9.17) is 4.42 Å². The highest BCUT2D eigenvalue weighted by Gasteiger charge is 2.23.